The number of aryl methyl sites for hydroxylation is 2. The maximum absolute atomic E-state index is 12.4. The summed E-state index contributed by atoms with van der Waals surface area (Å²) in [6.45, 7) is 5.42. The van der Waals surface area contributed by atoms with Gasteiger partial charge in [0.1, 0.15) is 0 Å². The molecule has 0 unspecified atom stereocenters. The number of carbonyl (C=O) groups excluding carboxylic acids is 1. The molecule has 0 radical (unpaired) electrons. The van der Waals surface area contributed by atoms with Crippen molar-refractivity contribution in [3.63, 3.8) is 0 Å². The summed E-state index contributed by atoms with van der Waals surface area (Å²) >= 11 is 0. The van der Waals surface area contributed by atoms with Crippen molar-refractivity contribution in [1.29, 1.82) is 0 Å². The highest BCUT2D eigenvalue weighted by atomic mass is 16.2. The Balaban J connectivity index is 1.70. The zero-order valence-electron chi connectivity index (χ0n) is 11.1. The first-order valence-corrected chi connectivity index (χ1v) is 6.37. The second-order valence-corrected chi connectivity index (χ2v) is 5.07. The number of nitrogens with zero attached hydrogens (tertiary/aromatic N) is 4. The molecule has 1 aliphatic rings. The van der Waals surface area contributed by atoms with Crippen molar-refractivity contribution in [2.24, 2.45) is 0 Å². The number of hydrogen-bond donors (Lipinski definition) is 0. The Bertz CT molecular complexity index is 600. The summed E-state index contributed by atoms with van der Waals surface area (Å²) in [5.74, 6) is 0.105. The van der Waals surface area contributed by atoms with Crippen LogP contribution >= 0.6 is 0 Å². The van der Waals surface area contributed by atoms with E-state index in [2.05, 4.69) is 10.3 Å². The SMILES string of the molecule is Cc1ccc(C(=O)N2CC(n3ccnn3)C2)c(C)c1. The predicted molar refractivity (Wildman–Crippen MR) is 70.9 cm³/mol. The van der Waals surface area contributed by atoms with E-state index in [1.54, 1.807) is 6.20 Å². The van der Waals surface area contributed by atoms with Gasteiger partial charge in [-0.25, -0.2) is 4.68 Å². The normalized spacial score (nSPS) is 15.4. The Hall–Kier alpha value is -2.17. The first-order chi connectivity index (χ1) is 9.15. The Morgan fingerprint density at radius 1 is 1.32 bits per heavy atom. The molecule has 2 heterocycles. The van der Waals surface area contributed by atoms with Crippen LogP contribution in [0.15, 0.2) is 30.6 Å². The lowest BCUT2D eigenvalue weighted by molar-refractivity contribution is 0.0497. The lowest BCUT2D eigenvalue weighted by Crippen LogP contribution is -2.51. The summed E-state index contributed by atoms with van der Waals surface area (Å²) in [7, 11) is 0. The first kappa shape index (κ1) is 11.9. The number of hydrogen-bond acceptors (Lipinski definition) is 3. The van der Waals surface area contributed by atoms with E-state index in [4.69, 9.17) is 0 Å². The summed E-state index contributed by atoms with van der Waals surface area (Å²) in [5.41, 5.74) is 3.01. The monoisotopic (exact) mass is 256 g/mol. The fourth-order valence-electron chi connectivity index (χ4n) is 2.42. The third-order valence-corrected chi connectivity index (χ3v) is 3.58. The van der Waals surface area contributed by atoms with E-state index in [1.165, 1.54) is 5.56 Å². The van der Waals surface area contributed by atoms with Crippen LogP contribution in [0.2, 0.25) is 0 Å². The lowest BCUT2D eigenvalue weighted by Gasteiger charge is -2.39. The van der Waals surface area contributed by atoms with Crippen molar-refractivity contribution in [3.05, 3.63) is 47.3 Å². The number of likely N-dealkylation sites (tertiary alicyclic amines) is 1. The molecule has 0 spiro atoms. The molecule has 0 N–H and O–H groups in total. The topological polar surface area (TPSA) is 51.0 Å². The maximum Gasteiger partial charge on any atom is 0.254 e. The van der Waals surface area contributed by atoms with Gasteiger partial charge in [-0.1, -0.05) is 22.9 Å². The zero-order valence-corrected chi connectivity index (χ0v) is 11.1. The quantitative estimate of drug-likeness (QED) is 0.820. The summed E-state index contributed by atoms with van der Waals surface area (Å²) in [5, 5.41) is 7.75. The number of amides is 1. The van der Waals surface area contributed by atoms with Gasteiger partial charge in [-0.2, -0.15) is 0 Å². The summed E-state index contributed by atoms with van der Waals surface area (Å²) < 4.78 is 1.81. The van der Waals surface area contributed by atoms with Crippen LogP contribution in [0.4, 0.5) is 0 Å². The molecule has 1 aromatic heterocycles. The molecular formula is C14H16N4O. The lowest BCUT2D eigenvalue weighted by atomic mass is 10.0. The average molecular weight is 256 g/mol. The van der Waals surface area contributed by atoms with Gasteiger partial charge < -0.3 is 4.90 Å². The van der Waals surface area contributed by atoms with Crippen molar-refractivity contribution >= 4 is 5.91 Å². The van der Waals surface area contributed by atoms with Crippen molar-refractivity contribution in [2.45, 2.75) is 19.9 Å². The van der Waals surface area contributed by atoms with Crippen LogP contribution in [0.5, 0.6) is 0 Å². The molecular weight excluding hydrogens is 240 g/mol. The number of rotatable bonds is 2. The molecule has 0 bridgehead atoms. The fourth-order valence-corrected chi connectivity index (χ4v) is 2.42. The van der Waals surface area contributed by atoms with Crippen LogP contribution < -0.4 is 0 Å². The van der Waals surface area contributed by atoms with Gasteiger partial charge in [-0.15, -0.1) is 5.10 Å². The fraction of sp³-hybridized carbons (Fsp3) is 0.357. The molecule has 0 saturated carbocycles. The number of aromatic nitrogens is 3. The van der Waals surface area contributed by atoms with E-state index < -0.39 is 0 Å². The van der Waals surface area contributed by atoms with Gasteiger partial charge in [0, 0.05) is 24.8 Å². The molecule has 1 aromatic carbocycles. The average Bonchev–Trinajstić information content (AvgIpc) is 2.80. The highest BCUT2D eigenvalue weighted by Crippen LogP contribution is 2.23. The Kier molecular flexibility index (Phi) is 2.81. The Labute approximate surface area is 111 Å². The van der Waals surface area contributed by atoms with Crippen LogP contribution in [0, 0.1) is 13.8 Å². The van der Waals surface area contributed by atoms with Crippen molar-refractivity contribution in [3.8, 4) is 0 Å². The van der Waals surface area contributed by atoms with Crippen LogP contribution in [-0.2, 0) is 0 Å². The summed E-state index contributed by atoms with van der Waals surface area (Å²) in [6.07, 6.45) is 3.50. The smallest absolute Gasteiger partial charge is 0.254 e. The third kappa shape index (κ3) is 2.12. The van der Waals surface area contributed by atoms with Gasteiger partial charge in [0.25, 0.3) is 5.91 Å². The second kappa shape index (κ2) is 4.50. The van der Waals surface area contributed by atoms with Gasteiger partial charge >= 0.3 is 0 Å². The van der Waals surface area contributed by atoms with Crippen LogP contribution in [-0.4, -0.2) is 38.9 Å². The summed E-state index contributed by atoms with van der Waals surface area (Å²) in [6, 6.07) is 6.20. The molecule has 0 aliphatic carbocycles. The molecule has 3 rings (SSSR count). The maximum atomic E-state index is 12.4. The summed E-state index contributed by atoms with van der Waals surface area (Å²) in [4.78, 5) is 14.2. The van der Waals surface area contributed by atoms with E-state index >= 15 is 0 Å². The van der Waals surface area contributed by atoms with Crippen LogP contribution in [0.25, 0.3) is 0 Å². The second-order valence-electron chi connectivity index (χ2n) is 5.07. The number of carbonyl (C=O) groups is 1. The third-order valence-electron chi connectivity index (χ3n) is 3.58. The molecule has 1 aliphatic heterocycles. The number of benzene rings is 1. The molecule has 1 amide bonds. The highest BCUT2D eigenvalue weighted by molar-refractivity contribution is 5.96. The molecule has 2 aromatic rings. The van der Waals surface area contributed by atoms with Gasteiger partial charge in [-0.3, -0.25) is 4.79 Å². The van der Waals surface area contributed by atoms with E-state index in [9.17, 15) is 4.79 Å². The van der Waals surface area contributed by atoms with E-state index in [-0.39, 0.29) is 11.9 Å². The standard InChI is InChI=1S/C14H16N4O/c1-10-3-4-13(11(2)7-10)14(19)17-8-12(9-17)18-6-5-15-16-18/h3-7,12H,8-9H2,1-2H3. The molecule has 1 fully saturated rings. The Morgan fingerprint density at radius 2 is 2.11 bits per heavy atom. The van der Waals surface area contributed by atoms with Crippen molar-refractivity contribution in [1.82, 2.24) is 19.9 Å². The molecule has 98 valence electrons. The first-order valence-electron chi connectivity index (χ1n) is 6.37. The van der Waals surface area contributed by atoms with Crippen molar-refractivity contribution in [2.75, 3.05) is 13.1 Å². The van der Waals surface area contributed by atoms with Crippen LogP contribution in [0.3, 0.4) is 0 Å². The van der Waals surface area contributed by atoms with Gasteiger partial charge in [0.15, 0.2) is 0 Å². The predicted octanol–water partition coefficient (Wildman–Crippen LogP) is 1.59. The van der Waals surface area contributed by atoms with Crippen molar-refractivity contribution < 1.29 is 4.79 Å². The van der Waals surface area contributed by atoms with Crippen LogP contribution in [0.1, 0.15) is 27.5 Å². The zero-order chi connectivity index (χ0) is 13.4. The molecule has 0 atom stereocenters. The molecule has 19 heavy (non-hydrogen) atoms. The van der Waals surface area contributed by atoms with Gasteiger partial charge in [0.2, 0.25) is 0 Å². The Morgan fingerprint density at radius 3 is 2.74 bits per heavy atom. The molecule has 5 heteroatoms. The van der Waals surface area contributed by atoms with E-state index in [1.807, 2.05) is 47.8 Å². The molecule has 1 saturated heterocycles. The van der Waals surface area contributed by atoms with E-state index in [0.717, 1.165) is 11.1 Å². The minimum Gasteiger partial charge on any atom is -0.334 e. The van der Waals surface area contributed by atoms with E-state index in [0.29, 0.717) is 13.1 Å². The van der Waals surface area contributed by atoms with Gasteiger partial charge in [0.05, 0.1) is 12.2 Å². The minimum atomic E-state index is 0.105. The highest BCUT2D eigenvalue weighted by Gasteiger charge is 2.33. The largest absolute Gasteiger partial charge is 0.334 e. The minimum absolute atomic E-state index is 0.105. The van der Waals surface area contributed by atoms with Gasteiger partial charge in [-0.05, 0) is 25.5 Å². The molecule has 5 nitrogen and oxygen atoms in total.